The lowest BCUT2D eigenvalue weighted by molar-refractivity contribution is -0.138. The highest BCUT2D eigenvalue weighted by atomic mass is 32.2. The number of esters is 1. The molecular weight excluding hydrogens is 312 g/mol. The fraction of sp³-hybridized carbons (Fsp3) is 0.222. The van der Waals surface area contributed by atoms with Gasteiger partial charge in [0.15, 0.2) is 16.5 Å². The Morgan fingerprint density at radius 1 is 1.10 bits per heavy atom. The number of methoxy groups -OCH3 is 1. The van der Waals surface area contributed by atoms with Gasteiger partial charge in [-0.3, -0.25) is 4.55 Å². The molecule has 0 radical (unpaired) electrons. The van der Waals surface area contributed by atoms with Gasteiger partial charge in [-0.05, 0) is 0 Å². The van der Waals surface area contributed by atoms with E-state index in [0.717, 1.165) is 7.11 Å². The zero-order valence-electron chi connectivity index (χ0n) is 9.62. The summed E-state index contributed by atoms with van der Waals surface area (Å²) in [6, 6.07) is 0. The van der Waals surface area contributed by atoms with Crippen molar-refractivity contribution in [1.82, 2.24) is 0 Å². The zero-order valence-corrected chi connectivity index (χ0v) is 10.4. The van der Waals surface area contributed by atoms with E-state index in [4.69, 9.17) is 4.55 Å². The molecule has 1 rings (SSSR count). The normalized spacial score (nSPS) is 11.5. The highest BCUT2D eigenvalue weighted by Gasteiger charge is 2.33. The first-order valence-electron chi connectivity index (χ1n) is 4.64. The maximum absolute atomic E-state index is 13.4. The molecule has 1 aromatic carbocycles. The van der Waals surface area contributed by atoms with Crippen LogP contribution in [-0.2, 0) is 19.6 Å². The smallest absolute Gasteiger partial charge is 0.337 e. The molecule has 0 amide bonds. The summed E-state index contributed by atoms with van der Waals surface area (Å²) >= 11 is 0. The molecule has 0 unspecified atom stereocenters. The molecule has 0 fully saturated rings. The highest BCUT2D eigenvalue weighted by Crippen LogP contribution is 2.32. The Labute approximate surface area is 109 Å². The number of benzene rings is 1. The lowest BCUT2D eigenvalue weighted by atomic mass is 10.3. The minimum Gasteiger partial charge on any atom is -0.418 e. The van der Waals surface area contributed by atoms with Crippen molar-refractivity contribution in [3.05, 3.63) is 23.3 Å². The van der Waals surface area contributed by atoms with Crippen LogP contribution < -0.4 is 4.74 Å². The monoisotopic (exact) mass is 318 g/mol. The molecule has 0 aliphatic heterocycles. The van der Waals surface area contributed by atoms with E-state index >= 15 is 0 Å². The van der Waals surface area contributed by atoms with Crippen LogP contribution >= 0.6 is 0 Å². The molecule has 0 atom stereocenters. The summed E-state index contributed by atoms with van der Waals surface area (Å²) in [4.78, 5) is 8.71. The maximum Gasteiger partial charge on any atom is 0.337 e. The first-order chi connectivity index (χ1) is 9.11. The number of hydrogen-bond donors (Lipinski definition) is 1. The molecule has 112 valence electrons. The summed E-state index contributed by atoms with van der Waals surface area (Å²) in [5.74, 6) is -12.6. The molecule has 0 bridgehead atoms. The van der Waals surface area contributed by atoms with E-state index in [1.165, 1.54) is 0 Å². The molecule has 0 aromatic heterocycles. The van der Waals surface area contributed by atoms with Gasteiger partial charge in [0.1, 0.15) is 6.61 Å². The Morgan fingerprint density at radius 3 is 1.90 bits per heavy atom. The third kappa shape index (κ3) is 3.05. The molecule has 0 aliphatic rings. The minimum absolute atomic E-state index is 0.776. The Bertz CT molecular complexity index is 628. The summed E-state index contributed by atoms with van der Waals surface area (Å²) in [6.07, 6.45) is 0. The summed E-state index contributed by atoms with van der Waals surface area (Å²) in [5.41, 5.74) is 0. The van der Waals surface area contributed by atoms with Crippen LogP contribution in [0.1, 0.15) is 0 Å². The number of halogens is 4. The molecule has 0 saturated heterocycles. The van der Waals surface area contributed by atoms with Crippen LogP contribution in [0.5, 0.6) is 5.75 Å². The van der Waals surface area contributed by atoms with Crippen molar-refractivity contribution in [2.24, 2.45) is 0 Å². The van der Waals surface area contributed by atoms with Gasteiger partial charge in [0.25, 0.3) is 0 Å². The first-order valence-corrected chi connectivity index (χ1v) is 6.08. The van der Waals surface area contributed by atoms with Crippen LogP contribution in [0.15, 0.2) is 4.90 Å². The molecule has 20 heavy (non-hydrogen) atoms. The van der Waals surface area contributed by atoms with Crippen molar-refractivity contribution in [1.29, 1.82) is 0 Å². The fourth-order valence-corrected chi connectivity index (χ4v) is 1.80. The lowest BCUT2D eigenvalue weighted by Crippen LogP contribution is -2.18. The van der Waals surface area contributed by atoms with E-state index in [0.29, 0.717) is 0 Å². The van der Waals surface area contributed by atoms with Gasteiger partial charge in [-0.2, -0.15) is 17.2 Å². The van der Waals surface area contributed by atoms with Gasteiger partial charge in [0, 0.05) is 7.11 Å². The SMILES string of the molecule is COCC(=O)Oc1c(F)c(F)c(S(=O)(=O)O)c(F)c1F. The highest BCUT2D eigenvalue weighted by molar-refractivity contribution is 7.85. The van der Waals surface area contributed by atoms with Gasteiger partial charge >= 0.3 is 16.1 Å². The zero-order chi connectivity index (χ0) is 15.7. The van der Waals surface area contributed by atoms with Crippen molar-refractivity contribution >= 4 is 16.1 Å². The summed E-state index contributed by atoms with van der Waals surface area (Å²) in [6.45, 7) is -0.776. The van der Waals surface area contributed by atoms with Crippen molar-refractivity contribution < 1.29 is 44.8 Å². The fourth-order valence-electron chi connectivity index (χ4n) is 1.17. The maximum atomic E-state index is 13.4. The second-order valence-corrected chi connectivity index (χ2v) is 4.65. The van der Waals surface area contributed by atoms with Crippen molar-refractivity contribution in [3.8, 4) is 5.75 Å². The quantitative estimate of drug-likeness (QED) is 0.293. The van der Waals surface area contributed by atoms with Gasteiger partial charge in [0.05, 0.1) is 0 Å². The molecule has 11 heteroatoms. The average Bonchev–Trinajstić information content (AvgIpc) is 2.31. The van der Waals surface area contributed by atoms with E-state index in [9.17, 15) is 30.8 Å². The predicted octanol–water partition coefficient (Wildman–Crippen LogP) is 1.04. The largest absolute Gasteiger partial charge is 0.418 e. The van der Waals surface area contributed by atoms with E-state index in [-0.39, 0.29) is 0 Å². The molecule has 1 N–H and O–H groups in total. The van der Waals surface area contributed by atoms with Gasteiger partial charge in [-0.15, -0.1) is 0 Å². The second-order valence-electron chi connectivity index (χ2n) is 3.30. The van der Waals surface area contributed by atoms with Crippen molar-refractivity contribution in [2.75, 3.05) is 13.7 Å². The number of carbonyl (C=O) groups is 1. The third-order valence-electron chi connectivity index (χ3n) is 1.92. The van der Waals surface area contributed by atoms with Crippen LogP contribution in [-0.4, -0.2) is 32.7 Å². The van der Waals surface area contributed by atoms with Crippen LogP contribution in [0.25, 0.3) is 0 Å². The predicted molar refractivity (Wildman–Crippen MR) is 53.6 cm³/mol. The molecular formula is C9H6F4O6S. The number of hydrogen-bond acceptors (Lipinski definition) is 5. The van der Waals surface area contributed by atoms with Crippen LogP contribution in [0, 0.1) is 23.3 Å². The van der Waals surface area contributed by atoms with Crippen LogP contribution in [0.2, 0.25) is 0 Å². The number of rotatable bonds is 4. The summed E-state index contributed by atoms with van der Waals surface area (Å²) in [7, 11) is -4.52. The number of carbonyl (C=O) groups excluding carboxylic acids is 1. The van der Waals surface area contributed by atoms with Gasteiger partial charge in [-0.25, -0.2) is 13.6 Å². The van der Waals surface area contributed by atoms with Crippen molar-refractivity contribution in [2.45, 2.75) is 4.90 Å². The Morgan fingerprint density at radius 2 is 1.55 bits per heavy atom. The van der Waals surface area contributed by atoms with Crippen LogP contribution in [0.4, 0.5) is 17.6 Å². The topological polar surface area (TPSA) is 89.9 Å². The number of ether oxygens (including phenoxy) is 2. The van der Waals surface area contributed by atoms with Gasteiger partial charge < -0.3 is 9.47 Å². The van der Waals surface area contributed by atoms with E-state index in [1.807, 2.05) is 0 Å². The standard InChI is InChI=1S/C9H6F4O6S/c1-18-2-3(14)19-8-4(10)6(12)9(20(15,16)17)7(13)5(8)11/h2H2,1H3,(H,15,16,17). The van der Waals surface area contributed by atoms with Crippen LogP contribution in [0.3, 0.4) is 0 Å². The van der Waals surface area contributed by atoms with E-state index in [2.05, 4.69) is 9.47 Å². The summed E-state index contributed by atoms with van der Waals surface area (Å²) in [5, 5.41) is 0. The first kappa shape index (κ1) is 16.3. The average molecular weight is 318 g/mol. The van der Waals surface area contributed by atoms with E-state index in [1.54, 1.807) is 0 Å². The second kappa shape index (κ2) is 5.73. The molecule has 0 spiro atoms. The minimum atomic E-state index is -5.56. The molecule has 0 saturated carbocycles. The van der Waals surface area contributed by atoms with Gasteiger partial charge in [-0.1, -0.05) is 0 Å². The lowest BCUT2D eigenvalue weighted by Gasteiger charge is -2.10. The van der Waals surface area contributed by atoms with Crippen molar-refractivity contribution in [3.63, 3.8) is 0 Å². The molecule has 1 aromatic rings. The summed E-state index contributed by atoms with van der Waals surface area (Å²) < 4.78 is 91.3. The Balaban J connectivity index is 3.49. The van der Waals surface area contributed by atoms with Gasteiger partial charge in [0.2, 0.25) is 17.4 Å². The Kier molecular flexibility index (Phi) is 4.68. The Hall–Kier alpha value is -1.72. The van der Waals surface area contributed by atoms with E-state index < -0.39 is 56.6 Å². The molecule has 6 nitrogen and oxygen atoms in total. The third-order valence-corrected chi connectivity index (χ3v) is 2.79. The molecule has 0 heterocycles. The molecule has 0 aliphatic carbocycles.